The van der Waals surface area contributed by atoms with Crippen LogP contribution in [0.25, 0.3) is 11.4 Å². The number of anilines is 2. The Morgan fingerprint density at radius 3 is 2.59 bits per heavy atom. The van der Waals surface area contributed by atoms with Gasteiger partial charge < -0.3 is 29.1 Å². The zero-order valence-electron chi connectivity index (χ0n) is 22.0. The molecule has 9 heteroatoms. The van der Waals surface area contributed by atoms with Crippen molar-refractivity contribution < 1.29 is 18.8 Å². The molecule has 0 saturated carbocycles. The number of aromatic nitrogens is 2. The number of carbonyl (C=O) groups excluding carboxylic acids is 1. The molecule has 1 amide bonds. The van der Waals surface area contributed by atoms with Crippen molar-refractivity contribution in [2.45, 2.75) is 45.6 Å². The van der Waals surface area contributed by atoms with Crippen molar-refractivity contribution in [1.29, 1.82) is 0 Å². The first-order valence-corrected chi connectivity index (χ1v) is 13.1. The molecule has 1 N–H and O–H groups in total. The van der Waals surface area contributed by atoms with Crippen LogP contribution in [0.5, 0.6) is 11.5 Å². The van der Waals surface area contributed by atoms with Crippen molar-refractivity contribution in [1.82, 2.24) is 15.0 Å². The number of aryl methyl sites for hydroxylation is 1. The maximum Gasteiger partial charge on any atom is 0.265 e. The van der Waals surface area contributed by atoms with Crippen LogP contribution in [0.3, 0.4) is 0 Å². The van der Waals surface area contributed by atoms with Crippen molar-refractivity contribution >= 4 is 17.3 Å². The monoisotopic (exact) mass is 505 g/mol. The average Bonchev–Trinajstić information content (AvgIpc) is 3.40. The standard InChI is InChI=1S/C28H35N5O4/c1-5-35-22-16-20-8-11-24(36-25(20)23(17-22)33-14-12-32(4)13-15-33)27(34)29-21-9-6-19(7-10-21)26-30-28(18(2)3)37-31-26/h6-7,9-10,16-18,24H,5,8,11-15H2,1-4H3,(H,29,34). The van der Waals surface area contributed by atoms with Gasteiger partial charge in [0, 0.05) is 55.0 Å². The summed E-state index contributed by atoms with van der Waals surface area (Å²) in [5.41, 5.74) is 3.63. The van der Waals surface area contributed by atoms with Gasteiger partial charge in [0.05, 0.1) is 12.3 Å². The van der Waals surface area contributed by atoms with Crippen LogP contribution in [0.15, 0.2) is 40.9 Å². The van der Waals surface area contributed by atoms with E-state index in [0.29, 0.717) is 30.4 Å². The normalized spacial score (nSPS) is 17.9. The van der Waals surface area contributed by atoms with E-state index in [1.807, 2.05) is 51.1 Å². The molecular weight excluding hydrogens is 470 g/mol. The summed E-state index contributed by atoms with van der Waals surface area (Å²) in [6, 6.07) is 11.5. The summed E-state index contributed by atoms with van der Waals surface area (Å²) in [6.07, 6.45) is 0.793. The van der Waals surface area contributed by atoms with E-state index in [1.165, 1.54) is 0 Å². The van der Waals surface area contributed by atoms with Gasteiger partial charge in [-0.3, -0.25) is 4.79 Å². The molecule has 3 aromatic rings. The molecule has 1 saturated heterocycles. The van der Waals surface area contributed by atoms with E-state index < -0.39 is 6.10 Å². The van der Waals surface area contributed by atoms with Crippen molar-refractivity contribution in [3.8, 4) is 22.9 Å². The summed E-state index contributed by atoms with van der Waals surface area (Å²) >= 11 is 0. The minimum absolute atomic E-state index is 0.154. The van der Waals surface area contributed by atoms with E-state index in [-0.39, 0.29) is 11.8 Å². The Bertz CT molecular complexity index is 1230. The lowest BCUT2D eigenvalue weighted by Crippen LogP contribution is -2.45. The van der Waals surface area contributed by atoms with Crippen LogP contribution in [0.4, 0.5) is 11.4 Å². The number of hydrogen-bond donors (Lipinski definition) is 1. The van der Waals surface area contributed by atoms with Crippen LogP contribution in [-0.4, -0.2) is 66.9 Å². The van der Waals surface area contributed by atoms with Gasteiger partial charge in [-0.1, -0.05) is 19.0 Å². The average molecular weight is 506 g/mol. The van der Waals surface area contributed by atoms with E-state index in [2.05, 4.69) is 38.4 Å². The van der Waals surface area contributed by atoms with E-state index in [1.54, 1.807) is 0 Å². The molecule has 2 aromatic carbocycles. The number of benzene rings is 2. The Morgan fingerprint density at radius 1 is 1.16 bits per heavy atom. The van der Waals surface area contributed by atoms with Gasteiger partial charge in [0.15, 0.2) is 6.10 Å². The number of rotatable bonds is 7. The van der Waals surface area contributed by atoms with Gasteiger partial charge in [-0.15, -0.1) is 0 Å². The first-order valence-electron chi connectivity index (χ1n) is 13.1. The summed E-state index contributed by atoms with van der Waals surface area (Å²) in [5.74, 6) is 2.81. The molecule has 2 aliphatic heterocycles. The second-order valence-corrected chi connectivity index (χ2v) is 9.98. The molecule has 5 rings (SSSR count). The molecule has 0 bridgehead atoms. The van der Waals surface area contributed by atoms with Crippen molar-refractivity contribution in [2.24, 2.45) is 0 Å². The molecular formula is C28H35N5O4. The zero-order valence-corrected chi connectivity index (χ0v) is 22.0. The molecule has 1 fully saturated rings. The highest BCUT2D eigenvalue weighted by Gasteiger charge is 2.31. The Balaban J connectivity index is 1.30. The summed E-state index contributed by atoms with van der Waals surface area (Å²) in [5, 5.41) is 7.06. The van der Waals surface area contributed by atoms with Gasteiger partial charge in [-0.2, -0.15) is 4.98 Å². The number of nitrogens with one attached hydrogen (secondary N) is 1. The van der Waals surface area contributed by atoms with E-state index in [0.717, 1.165) is 60.9 Å². The number of amides is 1. The fourth-order valence-corrected chi connectivity index (χ4v) is 4.68. The van der Waals surface area contributed by atoms with Crippen molar-refractivity contribution in [2.75, 3.05) is 50.1 Å². The zero-order chi connectivity index (χ0) is 25.9. The minimum Gasteiger partial charge on any atom is -0.494 e. The number of hydrogen-bond acceptors (Lipinski definition) is 8. The molecule has 2 aliphatic rings. The van der Waals surface area contributed by atoms with Crippen LogP contribution in [-0.2, 0) is 11.2 Å². The predicted octanol–water partition coefficient (Wildman–Crippen LogP) is 4.34. The number of ether oxygens (including phenoxy) is 2. The largest absolute Gasteiger partial charge is 0.494 e. The van der Waals surface area contributed by atoms with E-state index in [4.69, 9.17) is 14.0 Å². The number of likely N-dealkylation sites (N-methyl/N-ethyl adjacent to an activating group) is 1. The quantitative estimate of drug-likeness (QED) is 0.507. The lowest BCUT2D eigenvalue weighted by Gasteiger charge is -2.37. The van der Waals surface area contributed by atoms with Crippen molar-refractivity contribution in [3.63, 3.8) is 0 Å². The molecule has 1 aromatic heterocycles. The highest BCUT2D eigenvalue weighted by atomic mass is 16.5. The van der Waals surface area contributed by atoms with Gasteiger partial charge in [0.25, 0.3) is 5.91 Å². The summed E-state index contributed by atoms with van der Waals surface area (Å²) in [4.78, 5) is 22.3. The SMILES string of the molecule is CCOc1cc2c(c(N3CCN(C)CC3)c1)OC(C(=O)Nc1ccc(-c3noc(C(C)C)n3)cc1)CC2. The molecule has 0 spiro atoms. The lowest BCUT2D eigenvalue weighted by molar-refractivity contribution is -0.123. The molecule has 0 radical (unpaired) electrons. The number of nitrogens with zero attached hydrogens (tertiary/aromatic N) is 4. The van der Waals surface area contributed by atoms with E-state index in [9.17, 15) is 4.79 Å². The van der Waals surface area contributed by atoms with Crippen LogP contribution in [0.2, 0.25) is 0 Å². The maximum atomic E-state index is 13.2. The Labute approximate surface area is 217 Å². The topological polar surface area (TPSA) is 93.0 Å². The predicted molar refractivity (Wildman–Crippen MR) is 143 cm³/mol. The second kappa shape index (κ2) is 10.8. The molecule has 1 unspecified atom stereocenters. The molecule has 3 heterocycles. The summed E-state index contributed by atoms with van der Waals surface area (Å²) in [7, 11) is 2.14. The minimum atomic E-state index is -0.567. The van der Waals surface area contributed by atoms with Crippen LogP contribution in [0, 0.1) is 0 Å². The Hall–Kier alpha value is -3.59. The van der Waals surface area contributed by atoms with Crippen LogP contribution in [0.1, 0.15) is 44.6 Å². The summed E-state index contributed by atoms with van der Waals surface area (Å²) in [6.45, 7) is 10.4. The molecule has 0 aliphatic carbocycles. The van der Waals surface area contributed by atoms with Gasteiger partial charge in [0.1, 0.15) is 11.5 Å². The van der Waals surface area contributed by atoms with E-state index >= 15 is 0 Å². The molecule has 37 heavy (non-hydrogen) atoms. The van der Waals surface area contributed by atoms with Crippen LogP contribution < -0.4 is 19.7 Å². The van der Waals surface area contributed by atoms with Gasteiger partial charge >= 0.3 is 0 Å². The smallest absolute Gasteiger partial charge is 0.265 e. The maximum absolute atomic E-state index is 13.2. The second-order valence-electron chi connectivity index (χ2n) is 9.98. The Morgan fingerprint density at radius 2 is 1.92 bits per heavy atom. The molecule has 1 atom stereocenters. The fraction of sp³-hybridized carbons (Fsp3) is 0.464. The molecule has 196 valence electrons. The number of fused-ring (bicyclic) bond motifs is 1. The Kier molecular flexibility index (Phi) is 7.32. The third-order valence-corrected chi connectivity index (χ3v) is 6.85. The van der Waals surface area contributed by atoms with Gasteiger partial charge in [-0.25, -0.2) is 0 Å². The molecule has 9 nitrogen and oxygen atoms in total. The number of carbonyl (C=O) groups is 1. The highest BCUT2D eigenvalue weighted by molar-refractivity contribution is 5.95. The van der Waals surface area contributed by atoms with Gasteiger partial charge in [0.2, 0.25) is 11.7 Å². The third kappa shape index (κ3) is 5.56. The fourth-order valence-electron chi connectivity index (χ4n) is 4.68. The first-order chi connectivity index (χ1) is 17.9. The van der Waals surface area contributed by atoms with Gasteiger partial charge in [-0.05, 0) is 57.1 Å². The van der Waals surface area contributed by atoms with Crippen molar-refractivity contribution in [3.05, 3.63) is 47.9 Å². The lowest BCUT2D eigenvalue weighted by atomic mass is 9.99. The van der Waals surface area contributed by atoms with Crippen LogP contribution >= 0.6 is 0 Å². The summed E-state index contributed by atoms with van der Waals surface area (Å²) < 4.78 is 17.5. The third-order valence-electron chi connectivity index (χ3n) is 6.85. The number of piperazine rings is 1. The first kappa shape index (κ1) is 25.1. The highest BCUT2D eigenvalue weighted by Crippen LogP contribution is 2.41.